The van der Waals surface area contributed by atoms with Crippen molar-refractivity contribution in [3.63, 3.8) is 0 Å². The van der Waals surface area contributed by atoms with Crippen LogP contribution in [0, 0.1) is 12.8 Å². The number of carboxylic acids is 1. The summed E-state index contributed by atoms with van der Waals surface area (Å²) in [6.07, 6.45) is 2.62. The van der Waals surface area contributed by atoms with Crippen molar-refractivity contribution < 1.29 is 19.1 Å². The molecule has 3 rings (SSSR count). The number of carbonyl (C=O) groups excluding carboxylic acids is 1. The number of oxazole rings is 1. The predicted molar refractivity (Wildman–Crippen MR) is 85.2 cm³/mol. The number of nitrogens with one attached hydrogen (secondary N) is 1. The smallest absolute Gasteiger partial charge is 0.326 e. The fourth-order valence-electron chi connectivity index (χ4n) is 2.40. The van der Waals surface area contributed by atoms with Crippen molar-refractivity contribution in [1.82, 2.24) is 10.3 Å². The molecule has 1 atom stereocenters. The van der Waals surface area contributed by atoms with Gasteiger partial charge in [-0.3, -0.25) is 4.79 Å². The summed E-state index contributed by atoms with van der Waals surface area (Å²) < 4.78 is 5.59. The summed E-state index contributed by atoms with van der Waals surface area (Å²) in [7, 11) is 0. The molecule has 1 saturated carbocycles. The Balaban J connectivity index is 1.64. The second-order valence-electron chi connectivity index (χ2n) is 5.81. The molecule has 23 heavy (non-hydrogen) atoms. The molecular weight excluding hydrogens is 316 g/mol. The number of rotatable bonds is 7. The zero-order chi connectivity index (χ0) is 16.4. The molecule has 1 fully saturated rings. The first kappa shape index (κ1) is 15.7. The molecule has 1 unspecified atom stereocenters. The average Bonchev–Trinajstić information content (AvgIpc) is 3.00. The van der Waals surface area contributed by atoms with E-state index in [0.29, 0.717) is 29.7 Å². The summed E-state index contributed by atoms with van der Waals surface area (Å²) in [5.74, 6) is 0.176. The Bertz CT molecular complexity index is 704. The molecule has 7 heteroatoms. The molecule has 2 N–H and O–H groups in total. The van der Waals surface area contributed by atoms with Gasteiger partial charge in [-0.1, -0.05) is 18.9 Å². The van der Waals surface area contributed by atoms with Crippen molar-refractivity contribution in [1.29, 1.82) is 0 Å². The molecule has 122 valence electrons. The first-order chi connectivity index (χ1) is 11.0. The van der Waals surface area contributed by atoms with Gasteiger partial charge in [-0.25, -0.2) is 9.78 Å². The molecule has 0 saturated heterocycles. The number of carbonyl (C=O) groups is 2. The lowest BCUT2D eigenvalue weighted by Gasteiger charge is -2.13. The first-order valence-electron chi connectivity index (χ1n) is 7.55. The van der Waals surface area contributed by atoms with Crippen LogP contribution >= 0.6 is 11.3 Å². The van der Waals surface area contributed by atoms with Crippen LogP contribution in [0.15, 0.2) is 21.9 Å². The van der Waals surface area contributed by atoms with Crippen molar-refractivity contribution >= 4 is 23.2 Å². The summed E-state index contributed by atoms with van der Waals surface area (Å²) >= 11 is 1.51. The second-order valence-corrected chi connectivity index (χ2v) is 6.76. The number of thiophene rings is 1. The summed E-state index contributed by atoms with van der Waals surface area (Å²) in [6.45, 7) is 1.76. The molecule has 2 aromatic heterocycles. The van der Waals surface area contributed by atoms with Crippen LogP contribution in [0.1, 0.15) is 30.7 Å². The maximum Gasteiger partial charge on any atom is 0.326 e. The molecule has 0 bridgehead atoms. The monoisotopic (exact) mass is 334 g/mol. The average molecular weight is 334 g/mol. The van der Waals surface area contributed by atoms with Crippen molar-refractivity contribution in [2.75, 3.05) is 0 Å². The molecule has 0 aromatic carbocycles. The van der Waals surface area contributed by atoms with Gasteiger partial charge in [0.05, 0.1) is 17.0 Å². The highest BCUT2D eigenvalue weighted by Gasteiger charge is 2.30. The van der Waals surface area contributed by atoms with Crippen LogP contribution < -0.4 is 5.32 Å². The van der Waals surface area contributed by atoms with Gasteiger partial charge < -0.3 is 14.8 Å². The fourth-order valence-corrected chi connectivity index (χ4v) is 3.05. The maximum absolute atomic E-state index is 12.1. The van der Waals surface area contributed by atoms with Crippen molar-refractivity contribution in [3.8, 4) is 10.8 Å². The number of hydrogen-bond acceptors (Lipinski definition) is 5. The first-order valence-corrected chi connectivity index (χ1v) is 8.43. The van der Waals surface area contributed by atoms with Gasteiger partial charge in [0.1, 0.15) is 11.8 Å². The van der Waals surface area contributed by atoms with Gasteiger partial charge in [-0.2, -0.15) is 0 Å². The molecule has 0 radical (unpaired) electrons. The van der Waals surface area contributed by atoms with Gasteiger partial charge in [-0.15, -0.1) is 11.3 Å². The van der Waals surface area contributed by atoms with Gasteiger partial charge in [-0.05, 0) is 30.7 Å². The highest BCUT2D eigenvalue weighted by atomic mass is 32.1. The van der Waals surface area contributed by atoms with E-state index in [9.17, 15) is 14.7 Å². The Morgan fingerprint density at radius 1 is 1.52 bits per heavy atom. The molecule has 0 aliphatic heterocycles. The number of hydrogen-bond donors (Lipinski definition) is 2. The Hall–Kier alpha value is -2.15. The zero-order valence-corrected chi connectivity index (χ0v) is 13.6. The Morgan fingerprint density at radius 3 is 2.91 bits per heavy atom. The molecule has 6 nitrogen and oxygen atoms in total. The van der Waals surface area contributed by atoms with Crippen LogP contribution in [-0.4, -0.2) is 28.0 Å². The van der Waals surface area contributed by atoms with Crippen molar-refractivity contribution in [3.05, 3.63) is 29.0 Å². The van der Waals surface area contributed by atoms with E-state index in [1.165, 1.54) is 11.3 Å². The normalized spacial score (nSPS) is 15.3. The number of aromatic nitrogens is 1. The van der Waals surface area contributed by atoms with Crippen LogP contribution in [-0.2, 0) is 16.0 Å². The van der Waals surface area contributed by atoms with Crippen molar-refractivity contribution in [2.45, 2.75) is 38.6 Å². The number of nitrogens with zero attached hydrogens (tertiary/aromatic N) is 1. The van der Waals surface area contributed by atoms with E-state index in [0.717, 1.165) is 17.7 Å². The minimum atomic E-state index is -0.985. The third-order valence-corrected chi connectivity index (χ3v) is 4.71. The quantitative estimate of drug-likeness (QED) is 0.812. The highest BCUT2D eigenvalue weighted by Crippen LogP contribution is 2.33. The lowest BCUT2D eigenvalue weighted by atomic mass is 10.1. The van der Waals surface area contributed by atoms with Crippen LogP contribution in [0.25, 0.3) is 10.8 Å². The molecule has 0 spiro atoms. The number of aryl methyl sites for hydroxylation is 1. The minimum Gasteiger partial charge on any atom is -0.480 e. The van der Waals surface area contributed by atoms with Gasteiger partial charge in [0.25, 0.3) is 0 Å². The second kappa shape index (κ2) is 6.54. The van der Waals surface area contributed by atoms with Gasteiger partial charge >= 0.3 is 5.97 Å². The van der Waals surface area contributed by atoms with E-state index in [2.05, 4.69) is 10.3 Å². The Morgan fingerprint density at radius 2 is 2.30 bits per heavy atom. The molecule has 1 aliphatic carbocycles. The predicted octanol–water partition coefficient (Wildman–Crippen LogP) is 2.62. The summed E-state index contributed by atoms with van der Waals surface area (Å²) in [4.78, 5) is 28.6. The largest absolute Gasteiger partial charge is 0.480 e. The lowest BCUT2D eigenvalue weighted by molar-refractivity contribution is -0.142. The number of amides is 1. The third-order valence-electron chi connectivity index (χ3n) is 3.85. The maximum atomic E-state index is 12.1. The van der Waals surface area contributed by atoms with E-state index < -0.39 is 12.0 Å². The summed E-state index contributed by atoms with van der Waals surface area (Å²) in [6, 6.07) is 2.98. The summed E-state index contributed by atoms with van der Waals surface area (Å²) in [5, 5.41) is 13.7. The van der Waals surface area contributed by atoms with Gasteiger partial charge in [0.15, 0.2) is 0 Å². The minimum absolute atomic E-state index is 0.0230. The van der Waals surface area contributed by atoms with Crippen molar-refractivity contribution in [2.24, 2.45) is 5.92 Å². The Kier molecular flexibility index (Phi) is 4.47. The Labute approximate surface area is 137 Å². The van der Waals surface area contributed by atoms with E-state index in [-0.39, 0.29) is 12.3 Å². The van der Waals surface area contributed by atoms with Crippen LogP contribution in [0.5, 0.6) is 0 Å². The van der Waals surface area contributed by atoms with E-state index >= 15 is 0 Å². The molecule has 1 amide bonds. The van der Waals surface area contributed by atoms with Gasteiger partial charge in [0.2, 0.25) is 11.8 Å². The standard InChI is InChI=1S/C16H18N2O4S/c1-9-11(18-15(22-9)13-3-2-6-23-13)8-14(19)17-12(16(20)21)7-10-4-5-10/h2-3,6,10,12H,4-5,7-8H2,1H3,(H,17,19)(H,20,21). The highest BCUT2D eigenvalue weighted by molar-refractivity contribution is 7.13. The van der Waals surface area contributed by atoms with Gasteiger partial charge in [0, 0.05) is 0 Å². The molecule has 1 aliphatic rings. The molecule has 2 heterocycles. The topological polar surface area (TPSA) is 92.4 Å². The molecular formula is C16H18N2O4S. The number of aliphatic carboxylic acids is 1. The summed E-state index contributed by atoms with van der Waals surface area (Å²) in [5.41, 5.74) is 0.543. The fraction of sp³-hybridized carbons (Fsp3) is 0.438. The molecule has 2 aromatic rings. The SMILES string of the molecule is Cc1oc(-c2cccs2)nc1CC(=O)NC(CC1CC1)C(=O)O. The van der Waals surface area contributed by atoms with E-state index in [4.69, 9.17) is 4.42 Å². The lowest BCUT2D eigenvalue weighted by Crippen LogP contribution is -2.41. The van der Waals surface area contributed by atoms with Crippen LogP contribution in [0.4, 0.5) is 0 Å². The van der Waals surface area contributed by atoms with E-state index in [1.54, 1.807) is 6.92 Å². The third kappa shape index (κ3) is 3.98. The van der Waals surface area contributed by atoms with Crippen LogP contribution in [0.3, 0.4) is 0 Å². The zero-order valence-electron chi connectivity index (χ0n) is 12.7. The number of carboxylic acid groups (broad SMARTS) is 1. The van der Waals surface area contributed by atoms with E-state index in [1.807, 2.05) is 17.5 Å². The van der Waals surface area contributed by atoms with Crippen LogP contribution in [0.2, 0.25) is 0 Å².